The molecule has 7 heteroatoms. The van der Waals surface area contributed by atoms with Crippen LogP contribution >= 0.6 is 24.8 Å². The maximum absolute atomic E-state index is 13.4. The van der Waals surface area contributed by atoms with Crippen LogP contribution in [0.5, 0.6) is 0 Å². The molecule has 1 atom stereocenters. The first-order valence-corrected chi connectivity index (χ1v) is 13.6. The lowest BCUT2D eigenvalue weighted by molar-refractivity contribution is -0.126. The van der Waals surface area contributed by atoms with Crippen LogP contribution < -0.4 is 10.6 Å². The number of carbonyl (C=O) groups is 1. The van der Waals surface area contributed by atoms with Crippen LogP contribution in [-0.4, -0.2) is 37.0 Å². The minimum absolute atomic E-state index is 0. The minimum atomic E-state index is -0.275. The van der Waals surface area contributed by atoms with Crippen molar-refractivity contribution < 1.29 is 9.18 Å². The first-order chi connectivity index (χ1) is 18.1. The second-order valence-electron chi connectivity index (χ2n) is 10.4. The predicted molar refractivity (Wildman–Crippen MR) is 162 cm³/mol. The molecule has 5 rings (SSSR count). The van der Waals surface area contributed by atoms with Crippen LogP contribution in [0.3, 0.4) is 0 Å². The number of fused-ring (bicyclic) bond motifs is 1. The van der Waals surface area contributed by atoms with Crippen molar-refractivity contribution in [3.8, 4) is 11.8 Å². The Balaban J connectivity index is 0.00000210. The van der Waals surface area contributed by atoms with E-state index in [2.05, 4.69) is 70.7 Å². The molecule has 3 aromatic carbocycles. The Labute approximate surface area is 243 Å². The molecule has 2 fully saturated rings. The fourth-order valence-corrected chi connectivity index (χ4v) is 5.68. The fraction of sp³-hybridized carbons (Fsp3) is 0.406. The van der Waals surface area contributed by atoms with Crippen LogP contribution in [0.2, 0.25) is 0 Å². The number of rotatable bonds is 5. The van der Waals surface area contributed by atoms with Crippen molar-refractivity contribution in [3.05, 3.63) is 83.2 Å². The zero-order valence-electron chi connectivity index (χ0n) is 22.4. The van der Waals surface area contributed by atoms with Crippen molar-refractivity contribution in [2.45, 2.75) is 45.2 Å². The normalized spacial score (nSPS) is 17.3. The fourth-order valence-electron chi connectivity index (χ4n) is 5.68. The number of nitrogens with one attached hydrogen (secondary N) is 2. The molecule has 0 saturated carbocycles. The van der Waals surface area contributed by atoms with E-state index in [1.165, 1.54) is 28.5 Å². The minimum Gasteiger partial charge on any atom is -0.352 e. The molecule has 4 nitrogen and oxygen atoms in total. The third-order valence-electron chi connectivity index (χ3n) is 7.96. The molecule has 1 unspecified atom stereocenters. The molecule has 0 spiro atoms. The number of nitrogens with zero attached hydrogens (tertiary/aromatic N) is 1. The van der Waals surface area contributed by atoms with Gasteiger partial charge in [-0.25, -0.2) is 4.39 Å². The van der Waals surface area contributed by atoms with E-state index < -0.39 is 0 Å². The van der Waals surface area contributed by atoms with Gasteiger partial charge in [-0.2, -0.15) is 0 Å². The smallest absolute Gasteiger partial charge is 0.223 e. The van der Waals surface area contributed by atoms with Crippen molar-refractivity contribution in [2.75, 3.05) is 26.2 Å². The maximum atomic E-state index is 13.4. The second-order valence-corrected chi connectivity index (χ2v) is 10.4. The molecule has 2 heterocycles. The summed E-state index contributed by atoms with van der Waals surface area (Å²) in [4.78, 5) is 15.2. The molecular formula is C32H38Cl2FN3O. The van der Waals surface area contributed by atoms with Crippen LogP contribution in [0.25, 0.3) is 10.8 Å². The topological polar surface area (TPSA) is 44.4 Å². The lowest BCUT2D eigenvalue weighted by Gasteiger charge is -2.36. The zero-order chi connectivity index (χ0) is 25.6. The van der Waals surface area contributed by atoms with E-state index in [1.807, 2.05) is 6.07 Å². The number of carbonyl (C=O) groups excluding carboxylic acids is 1. The van der Waals surface area contributed by atoms with Gasteiger partial charge in [-0.1, -0.05) is 54.3 Å². The summed E-state index contributed by atoms with van der Waals surface area (Å²) in [6.07, 6.45) is 3.91. The number of likely N-dealkylation sites (tertiary alicyclic amines) is 1. The molecule has 208 valence electrons. The van der Waals surface area contributed by atoms with Gasteiger partial charge in [0.2, 0.25) is 5.91 Å². The molecule has 39 heavy (non-hydrogen) atoms. The molecule has 0 radical (unpaired) electrons. The SMILES string of the molecule is CC(c1cccc2c(C#CC3CCNCC3)cccc12)N1CCC(C(=O)NCc2cccc(F)c2)CC1.Cl.Cl. The van der Waals surface area contributed by atoms with Crippen molar-refractivity contribution in [1.29, 1.82) is 0 Å². The zero-order valence-corrected chi connectivity index (χ0v) is 24.1. The number of hydrogen-bond donors (Lipinski definition) is 2. The molecule has 2 N–H and O–H groups in total. The van der Waals surface area contributed by atoms with Crippen LogP contribution in [0, 0.1) is 29.5 Å². The van der Waals surface area contributed by atoms with Crippen molar-refractivity contribution in [2.24, 2.45) is 11.8 Å². The van der Waals surface area contributed by atoms with Gasteiger partial charge >= 0.3 is 0 Å². The van der Waals surface area contributed by atoms with Crippen LogP contribution in [0.1, 0.15) is 55.3 Å². The van der Waals surface area contributed by atoms with Gasteiger partial charge in [0.25, 0.3) is 0 Å². The largest absolute Gasteiger partial charge is 0.352 e. The number of amides is 1. The molecule has 2 saturated heterocycles. The highest BCUT2D eigenvalue weighted by atomic mass is 35.5. The highest BCUT2D eigenvalue weighted by Gasteiger charge is 2.28. The van der Waals surface area contributed by atoms with Gasteiger partial charge in [-0.05, 0) is 98.9 Å². The van der Waals surface area contributed by atoms with E-state index in [-0.39, 0.29) is 48.5 Å². The van der Waals surface area contributed by atoms with Gasteiger partial charge in [0, 0.05) is 30.0 Å². The number of piperidine rings is 2. The Morgan fingerprint density at radius 3 is 2.44 bits per heavy atom. The number of halogens is 3. The summed E-state index contributed by atoms with van der Waals surface area (Å²) >= 11 is 0. The molecule has 3 aromatic rings. The van der Waals surface area contributed by atoms with Gasteiger partial charge in [0.15, 0.2) is 0 Å². The first-order valence-electron chi connectivity index (χ1n) is 13.6. The lowest BCUT2D eigenvalue weighted by Crippen LogP contribution is -2.41. The van der Waals surface area contributed by atoms with E-state index >= 15 is 0 Å². The molecular weight excluding hydrogens is 532 g/mol. The van der Waals surface area contributed by atoms with Gasteiger partial charge in [-0.15, -0.1) is 24.8 Å². The Bertz CT molecular complexity index is 1310. The highest BCUT2D eigenvalue weighted by Crippen LogP contribution is 2.32. The van der Waals surface area contributed by atoms with Crippen molar-refractivity contribution >= 4 is 41.5 Å². The number of benzene rings is 3. The molecule has 0 aliphatic carbocycles. The van der Waals surface area contributed by atoms with Crippen LogP contribution in [-0.2, 0) is 11.3 Å². The molecule has 0 aromatic heterocycles. The standard InChI is InChI=1S/C32H36FN3O.2ClH/c1-23(36-19-15-27(16-20-36)32(37)35-22-25-5-2-7-28(33)21-25)29-8-4-9-30-26(6-3-10-31(29)30)12-11-24-13-17-34-18-14-24;;/h2-10,21,23-24,27,34H,13-20,22H2,1H3,(H,35,37);2*1H. The summed E-state index contributed by atoms with van der Waals surface area (Å²) in [5, 5.41) is 8.90. The summed E-state index contributed by atoms with van der Waals surface area (Å²) in [6, 6.07) is 19.7. The van der Waals surface area contributed by atoms with Gasteiger partial charge in [-0.3, -0.25) is 9.69 Å². The van der Waals surface area contributed by atoms with Crippen molar-refractivity contribution in [1.82, 2.24) is 15.5 Å². The summed E-state index contributed by atoms with van der Waals surface area (Å²) in [6.45, 7) is 6.51. The molecule has 1 amide bonds. The molecule has 2 aliphatic rings. The molecule has 2 aliphatic heterocycles. The lowest BCUT2D eigenvalue weighted by atomic mass is 9.91. The van der Waals surface area contributed by atoms with E-state index in [1.54, 1.807) is 6.07 Å². The summed E-state index contributed by atoms with van der Waals surface area (Å²) in [5.74, 6) is 7.29. The first kappa shape index (κ1) is 30.9. The highest BCUT2D eigenvalue weighted by molar-refractivity contribution is 5.91. The maximum Gasteiger partial charge on any atom is 0.223 e. The second kappa shape index (κ2) is 14.7. The monoisotopic (exact) mass is 569 g/mol. The van der Waals surface area contributed by atoms with Crippen LogP contribution in [0.15, 0.2) is 60.7 Å². The van der Waals surface area contributed by atoms with Crippen molar-refractivity contribution in [3.63, 3.8) is 0 Å². The van der Waals surface area contributed by atoms with E-state index in [0.29, 0.717) is 12.5 Å². The van der Waals surface area contributed by atoms with E-state index in [9.17, 15) is 9.18 Å². The summed E-state index contributed by atoms with van der Waals surface area (Å²) in [7, 11) is 0. The van der Waals surface area contributed by atoms with E-state index in [4.69, 9.17) is 0 Å². The third-order valence-corrected chi connectivity index (χ3v) is 7.96. The average molecular weight is 571 g/mol. The summed E-state index contributed by atoms with van der Waals surface area (Å²) < 4.78 is 13.4. The Kier molecular flexibility index (Phi) is 11.6. The predicted octanol–water partition coefficient (Wildman–Crippen LogP) is 6.26. The average Bonchev–Trinajstić information content (AvgIpc) is 2.95. The van der Waals surface area contributed by atoms with Gasteiger partial charge in [0.1, 0.15) is 5.82 Å². The van der Waals surface area contributed by atoms with E-state index in [0.717, 1.165) is 63.0 Å². The van der Waals surface area contributed by atoms with Crippen LogP contribution in [0.4, 0.5) is 4.39 Å². The quantitative estimate of drug-likeness (QED) is 0.356. The van der Waals surface area contributed by atoms with Gasteiger partial charge in [0.05, 0.1) is 0 Å². The summed E-state index contributed by atoms with van der Waals surface area (Å²) in [5.41, 5.74) is 3.21. The Morgan fingerprint density at radius 2 is 1.69 bits per heavy atom. The Hall–Kier alpha value is -2.62. The third kappa shape index (κ3) is 7.74. The van der Waals surface area contributed by atoms with Gasteiger partial charge < -0.3 is 10.6 Å². The molecule has 0 bridgehead atoms. The Morgan fingerprint density at radius 1 is 1.00 bits per heavy atom. The number of hydrogen-bond acceptors (Lipinski definition) is 3.